The average molecular weight is 312 g/mol. The maximum absolute atomic E-state index is 12.1. The van der Waals surface area contributed by atoms with Gasteiger partial charge in [-0.05, 0) is 49.9 Å². The van der Waals surface area contributed by atoms with Crippen LogP contribution in [0.3, 0.4) is 0 Å². The summed E-state index contributed by atoms with van der Waals surface area (Å²) in [7, 11) is 0. The maximum Gasteiger partial charge on any atom is 0.253 e. The molecule has 120 valence electrons. The molecule has 1 aliphatic carbocycles. The summed E-state index contributed by atoms with van der Waals surface area (Å²) >= 11 is 0. The molecule has 23 heavy (non-hydrogen) atoms. The van der Waals surface area contributed by atoms with Gasteiger partial charge < -0.3 is 14.8 Å². The first-order chi connectivity index (χ1) is 11.2. The Morgan fingerprint density at radius 1 is 1.26 bits per heavy atom. The second-order valence-electron chi connectivity index (χ2n) is 5.72. The van der Waals surface area contributed by atoms with Crippen LogP contribution in [0, 0.1) is 5.92 Å². The van der Waals surface area contributed by atoms with Gasteiger partial charge in [0.15, 0.2) is 0 Å². The van der Waals surface area contributed by atoms with Crippen molar-refractivity contribution in [1.82, 2.24) is 4.98 Å². The molecule has 0 aliphatic heterocycles. The molecule has 1 aromatic heterocycles. The Hall–Kier alpha value is -2.40. The molecule has 1 saturated carbocycles. The minimum Gasteiger partial charge on any atom is -0.457 e. The number of nitrogens with zero attached hydrogens (tertiary/aromatic N) is 1. The first kappa shape index (κ1) is 15.5. The number of hydrogen-bond acceptors (Lipinski definition) is 4. The molecule has 1 aromatic carbocycles. The lowest BCUT2D eigenvalue weighted by atomic mass is 10.2. The Labute approximate surface area is 135 Å². The lowest BCUT2D eigenvalue weighted by Crippen LogP contribution is -2.28. The number of carbonyl (C=O) groups excluding carboxylic acids is 1. The number of benzene rings is 1. The predicted octanol–water partition coefficient (Wildman–Crippen LogP) is 3.63. The Bertz CT molecular complexity index is 656. The summed E-state index contributed by atoms with van der Waals surface area (Å²) in [6, 6.07) is 10.8. The number of nitrogens with one attached hydrogen (secondary N) is 1. The van der Waals surface area contributed by atoms with Gasteiger partial charge in [-0.3, -0.25) is 9.78 Å². The van der Waals surface area contributed by atoms with Crippen molar-refractivity contribution in [1.29, 1.82) is 0 Å². The van der Waals surface area contributed by atoms with Crippen molar-refractivity contribution in [3.63, 3.8) is 0 Å². The third kappa shape index (κ3) is 4.79. The van der Waals surface area contributed by atoms with E-state index in [0.717, 1.165) is 0 Å². The van der Waals surface area contributed by atoms with E-state index in [0.29, 0.717) is 29.7 Å². The molecule has 1 heterocycles. The van der Waals surface area contributed by atoms with Gasteiger partial charge in [-0.25, -0.2) is 0 Å². The first-order valence-electron chi connectivity index (χ1n) is 7.81. The third-order valence-electron chi connectivity index (χ3n) is 3.64. The molecule has 2 aromatic rings. The highest BCUT2D eigenvalue weighted by molar-refractivity contribution is 5.94. The number of carbonyl (C=O) groups is 1. The zero-order chi connectivity index (χ0) is 16.1. The summed E-state index contributed by atoms with van der Waals surface area (Å²) in [4.78, 5) is 16.1. The van der Waals surface area contributed by atoms with Gasteiger partial charge in [-0.2, -0.15) is 0 Å². The van der Waals surface area contributed by atoms with Crippen LogP contribution < -0.4 is 10.1 Å². The van der Waals surface area contributed by atoms with Crippen LogP contribution in [0.1, 0.15) is 19.8 Å². The largest absolute Gasteiger partial charge is 0.457 e. The van der Waals surface area contributed by atoms with Crippen molar-refractivity contribution in [3.05, 3.63) is 48.8 Å². The molecule has 3 rings (SSSR count). The van der Waals surface area contributed by atoms with Crippen LogP contribution in [0.2, 0.25) is 0 Å². The minimum atomic E-state index is -0.458. The lowest BCUT2D eigenvalue weighted by molar-refractivity contribution is -0.126. The van der Waals surface area contributed by atoms with Gasteiger partial charge in [0.25, 0.3) is 5.91 Å². The molecule has 5 heteroatoms. The second-order valence-corrected chi connectivity index (χ2v) is 5.72. The number of aromatic nitrogens is 1. The zero-order valence-corrected chi connectivity index (χ0v) is 13.1. The fourth-order valence-corrected chi connectivity index (χ4v) is 2.06. The summed E-state index contributed by atoms with van der Waals surface area (Å²) in [6.45, 7) is 2.44. The topological polar surface area (TPSA) is 60.5 Å². The summed E-state index contributed by atoms with van der Waals surface area (Å²) in [5.41, 5.74) is 0.684. The van der Waals surface area contributed by atoms with Crippen molar-refractivity contribution in [2.75, 3.05) is 11.9 Å². The molecule has 1 unspecified atom stereocenters. The molecular weight excluding hydrogens is 292 g/mol. The van der Waals surface area contributed by atoms with Crippen LogP contribution in [0.5, 0.6) is 11.5 Å². The Balaban J connectivity index is 1.57. The van der Waals surface area contributed by atoms with Crippen molar-refractivity contribution >= 4 is 11.6 Å². The van der Waals surface area contributed by atoms with Crippen LogP contribution in [0.15, 0.2) is 48.8 Å². The fourth-order valence-electron chi connectivity index (χ4n) is 2.06. The highest BCUT2D eigenvalue weighted by Gasteiger charge is 2.24. The summed E-state index contributed by atoms with van der Waals surface area (Å²) < 4.78 is 11.3. The highest BCUT2D eigenvalue weighted by atomic mass is 16.5. The van der Waals surface area contributed by atoms with Gasteiger partial charge in [0.2, 0.25) is 0 Å². The molecule has 1 aliphatic rings. The molecule has 1 amide bonds. The van der Waals surface area contributed by atoms with Crippen LogP contribution >= 0.6 is 0 Å². The number of ether oxygens (including phenoxy) is 2. The van der Waals surface area contributed by atoms with Gasteiger partial charge in [-0.15, -0.1) is 0 Å². The van der Waals surface area contributed by atoms with E-state index in [1.165, 1.54) is 12.8 Å². The van der Waals surface area contributed by atoms with Gasteiger partial charge in [0, 0.05) is 24.1 Å². The number of rotatable bonds is 7. The molecule has 0 radical (unpaired) electrons. The Morgan fingerprint density at radius 2 is 2.04 bits per heavy atom. The summed E-state index contributed by atoms with van der Waals surface area (Å²) in [6.07, 6.45) is 5.30. The van der Waals surface area contributed by atoms with E-state index in [9.17, 15) is 4.79 Å². The molecular formula is C18H20N2O3. The quantitative estimate of drug-likeness (QED) is 0.848. The van der Waals surface area contributed by atoms with E-state index in [4.69, 9.17) is 9.47 Å². The Kier molecular flexibility index (Phi) is 4.88. The van der Waals surface area contributed by atoms with Crippen molar-refractivity contribution in [2.24, 2.45) is 5.92 Å². The van der Waals surface area contributed by atoms with Gasteiger partial charge in [-0.1, -0.05) is 6.07 Å². The van der Waals surface area contributed by atoms with Crippen LogP contribution in [0.4, 0.5) is 5.69 Å². The van der Waals surface area contributed by atoms with Gasteiger partial charge in [0.1, 0.15) is 17.6 Å². The number of amides is 1. The number of hydrogen-bond donors (Lipinski definition) is 1. The van der Waals surface area contributed by atoms with Gasteiger partial charge in [0.05, 0.1) is 6.61 Å². The van der Waals surface area contributed by atoms with E-state index >= 15 is 0 Å². The SMILES string of the molecule is CC(OCC1CC1)C(=O)Nc1cccc(Oc2ccncc2)c1. The van der Waals surface area contributed by atoms with Crippen LogP contribution in [-0.4, -0.2) is 23.6 Å². The third-order valence-corrected chi connectivity index (χ3v) is 3.64. The van der Waals surface area contributed by atoms with Crippen molar-refractivity contribution in [3.8, 4) is 11.5 Å². The van der Waals surface area contributed by atoms with E-state index in [1.54, 1.807) is 37.5 Å². The van der Waals surface area contributed by atoms with Gasteiger partial charge >= 0.3 is 0 Å². The molecule has 0 saturated heterocycles. The Morgan fingerprint density at radius 3 is 2.78 bits per heavy atom. The molecule has 0 bridgehead atoms. The first-order valence-corrected chi connectivity index (χ1v) is 7.81. The molecule has 1 N–H and O–H groups in total. The molecule has 1 atom stereocenters. The fraction of sp³-hybridized carbons (Fsp3) is 0.333. The van der Waals surface area contributed by atoms with E-state index in [-0.39, 0.29) is 5.91 Å². The van der Waals surface area contributed by atoms with Crippen molar-refractivity contribution < 1.29 is 14.3 Å². The average Bonchev–Trinajstić information content (AvgIpc) is 3.38. The summed E-state index contributed by atoms with van der Waals surface area (Å²) in [5.74, 6) is 1.85. The summed E-state index contributed by atoms with van der Waals surface area (Å²) in [5, 5.41) is 2.86. The standard InChI is InChI=1S/C18H20N2O3/c1-13(22-12-14-5-6-14)18(21)20-15-3-2-4-17(11-15)23-16-7-9-19-10-8-16/h2-4,7-11,13-14H,5-6,12H2,1H3,(H,20,21). The molecule has 1 fully saturated rings. The number of anilines is 1. The van der Waals surface area contributed by atoms with E-state index in [2.05, 4.69) is 10.3 Å². The smallest absolute Gasteiger partial charge is 0.253 e. The van der Waals surface area contributed by atoms with Crippen molar-refractivity contribution in [2.45, 2.75) is 25.9 Å². The number of pyridine rings is 1. The molecule has 5 nitrogen and oxygen atoms in total. The lowest BCUT2D eigenvalue weighted by Gasteiger charge is -2.14. The van der Waals surface area contributed by atoms with Crippen LogP contribution in [0.25, 0.3) is 0 Å². The second kappa shape index (κ2) is 7.24. The zero-order valence-electron chi connectivity index (χ0n) is 13.1. The monoisotopic (exact) mass is 312 g/mol. The predicted molar refractivity (Wildman–Crippen MR) is 87.5 cm³/mol. The normalized spacial score (nSPS) is 15.0. The minimum absolute atomic E-state index is 0.147. The van der Waals surface area contributed by atoms with E-state index in [1.807, 2.05) is 18.2 Å². The highest BCUT2D eigenvalue weighted by Crippen LogP contribution is 2.29. The van der Waals surface area contributed by atoms with E-state index < -0.39 is 6.10 Å². The molecule has 0 spiro atoms. The van der Waals surface area contributed by atoms with Crippen LogP contribution in [-0.2, 0) is 9.53 Å². The maximum atomic E-state index is 12.1.